The highest BCUT2D eigenvalue weighted by atomic mass is 16.1. The van der Waals surface area contributed by atoms with Crippen molar-refractivity contribution < 1.29 is 4.79 Å². The fourth-order valence-electron chi connectivity index (χ4n) is 1.57. The smallest absolute Gasteiger partial charge is 0.239 e. The quantitative estimate of drug-likeness (QED) is 0.733. The van der Waals surface area contributed by atoms with E-state index in [-0.39, 0.29) is 5.91 Å². The predicted molar refractivity (Wildman–Crippen MR) is 67.5 cm³/mol. The summed E-state index contributed by atoms with van der Waals surface area (Å²) < 4.78 is 0. The third-order valence-corrected chi connectivity index (χ3v) is 2.58. The molecule has 1 aromatic rings. The molecule has 0 saturated carbocycles. The van der Waals surface area contributed by atoms with Crippen LogP contribution >= 0.6 is 0 Å². The second-order valence-corrected chi connectivity index (χ2v) is 4.33. The van der Waals surface area contributed by atoms with Gasteiger partial charge in [-0.15, -0.1) is 0 Å². The van der Waals surface area contributed by atoms with Crippen molar-refractivity contribution >= 4 is 5.91 Å². The van der Waals surface area contributed by atoms with Crippen LogP contribution in [0.4, 0.5) is 0 Å². The van der Waals surface area contributed by atoms with Crippen molar-refractivity contribution in [2.75, 3.05) is 27.2 Å². The Kier molecular flexibility index (Phi) is 5.06. The van der Waals surface area contributed by atoms with E-state index in [2.05, 4.69) is 10.3 Å². The van der Waals surface area contributed by atoms with Crippen molar-refractivity contribution in [3.8, 4) is 0 Å². The molecular weight excluding hydrogens is 216 g/mol. The molecule has 0 aliphatic rings. The van der Waals surface area contributed by atoms with Crippen LogP contribution in [0.2, 0.25) is 0 Å². The Hall–Kier alpha value is -1.46. The highest BCUT2D eigenvalue weighted by molar-refractivity contribution is 5.81. The summed E-state index contributed by atoms with van der Waals surface area (Å²) >= 11 is 0. The monoisotopic (exact) mass is 236 g/mol. The van der Waals surface area contributed by atoms with E-state index in [1.165, 1.54) is 0 Å². The van der Waals surface area contributed by atoms with E-state index < -0.39 is 6.04 Å². The number of aromatic nitrogens is 1. The van der Waals surface area contributed by atoms with Crippen LogP contribution in [-0.2, 0) is 4.79 Å². The first kappa shape index (κ1) is 13.6. The van der Waals surface area contributed by atoms with Gasteiger partial charge < -0.3 is 16.0 Å². The Morgan fingerprint density at radius 1 is 1.59 bits per heavy atom. The van der Waals surface area contributed by atoms with Gasteiger partial charge in [-0.3, -0.25) is 9.78 Å². The van der Waals surface area contributed by atoms with Crippen molar-refractivity contribution in [2.45, 2.75) is 13.0 Å². The minimum absolute atomic E-state index is 0.375. The minimum Gasteiger partial charge on any atom is -0.368 e. The molecule has 0 fully saturated rings. The first-order chi connectivity index (χ1) is 8.02. The van der Waals surface area contributed by atoms with E-state index in [0.29, 0.717) is 6.54 Å². The lowest BCUT2D eigenvalue weighted by molar-refractivity contribution is -0.120. The second-order valence-electron chi connectivity index (χ2n) is 4.33. The lowest BCUT2D eigenvalue weighted by Gasteiger charge is -2.18. The predicted octanol–water partition coefficient (Wildman–Crippen LogP) is 0.0676. The number of nitrogens with one attached hydrogen (secondary N) is 1. The van der Waals surface area contributed by atoms with Crippen LogP contribution in [-0.4, -0.2) is 43.0 Å². The number of carbonyl (C=O) groups is 1. The molecule has 0 aromatic carbocycles. The van der Waals surface area contributed by atoms with Gasteiger partial charge in [0.15, 0.2) is 0 Å². The molecule has 1 unspecified atom stereocenters. The Morgan fingerprint density at radius 3 is 2.82 bits per heavy atom. The Bertz CT molecular complexity index is 379. The molecule has 1 amide bonds. The summed E-state index contributed by atoms with van der Waals surface area (Å²) in [6.07, 6.45) is 3.39. The number of hydrogen-bond donors (Lipinski definition) is 2. The molecule has 0 spiro atoms. The molecule has 0 aliphatic heterocycles. The number of hydrogen-bond acceptors (Lipinski definition) is 4. The third-order valence-electron chi connectivity index (χ3n) is 2.58. The van der Waals surface area contributed by atoms with Crippen LogP contribution in [0, 0.1) is 6.92 Å². The van der Waals surface area contributed by atoms with Gasteiger partial charge in [0.1, 0.15) is 6.04 Å². The van der Waals surface area contributed by atoms with E-state index in [0.717, 1.165) is 17.7 Å². The van der Waals surface area contributed by atoms with Crippen molar-refractivity contribution in [3.05, 3.63) is 29.6 Å². The third kappa shape index (κ3) is 4.13. The normalized spacial score (nSPS) is 12.7. The number of rotatable bonds is 6. The van der Waals surface area contributed by atoms with Gasteiger partial charge >= 0.3 is 0 Å². The van der Waals surface area contributed by atoms with Gasteiger partial charge in [-0.1, -0.05) is 0 Å². The zero-order chi connectivity index (χ0) is 12.8. The maximum atomic E-state index is 11.4. The minimum atomic E-state index is -0.469. The molecule has 0 saturated heterocycles. The Labute approximate surface area is 102 Å². The number of pyridine rings is 1. The zero-order valence-electron chi connectivity index (χ0n) is 10.6. The molecule has 1 heterocycles. The maximum Gasteiger partial charge on any atom is 0.239 e. The van der Waals surface area contributed by atoms with Crippen LogP contribution in [0.3, 0.4) is 0 Å². The van der Waals surface area contributed by atoms with Gasteiger partial charge in [-0.25, -0.2) is 0 Å². The molecule has 3 N–H and O–H groups in total. The number of carbonyl (C=O) groups excluding carboxylic acids is 1. The Balaban J connectivity index is 2.73. The fourth-order valence-corrected chi connectivity index (χ4v) is 1.57. The molecule has 0 radical (unpaired) electrons. The van der Waals surface area contributed by atoms with Crippen LogP contribution in [0.1, 0.15) is 17.2 Å². The van der Waals surface area contributed by atoms with E-state index in [9.17, 15) is 4.79 Å². The number of nitrogens with two attached hydrogens (primary N) is 1. The molecule has 5 nitrogen and oxygen atoms in total. The number of likely N-dealkylation sites (N-methyl/N-ethyl adjacent to an activating group) is 1. The van der Waals surface area contributed by atoms with Crippen LogP contribution in [0.15, 0.2) is 18.5 Å². The van der Waals surface area contributed by atoms with Gasteiger partial charge in [-0.05, 0) is 38.2 Å². The summed E-state index contributed by atoms with van der Waals surface area (Å²) in [6.45, 7) is 3.50. The van der Waals surface area contributed by atoms with Crippen molar-refractivity contribution in [1.82, 2.24) is 15.2 Å². The summed E-state index contributed by atoms with van der Waals surface area (Å²) in [6, 6.07) is 1.41. The number of primary amides is 1. The van der Waals surface area contributed by atoms with Crippen LogP contribution < -0.4 is 11.1 Å². The molecule has 1 rings (SSSR count). The summed E-state index contributed by atoms with van der Waals surface area (Å²) in [5, 5.41) is 3.15. The van der Waals surface area contributed by atoms with Gasteiger partial charge in [-0.2, -0.15) is 0 Å². The highest BCUT2D eigenvalue weighted by Crippen LogP contribution is 2.15. The van der Waals surface area contributed by atoms with E-state index in [4.69, 9.17) is 5.73 Å². The van der Waals surface area contributed by atoms with Gasteiger partial charge in [0.25, 0.3) is 0 Å². The number of amides is 1. The highest BCUT2D eigenvalue weighted by Gasteiger charge is 2.18. The summed E-state index contributed by atoms with van der Waals surface area (Å²) in [7, 11) is 3.96. The molecule has 94 valence electrons. The fraction of sp³-hybridized carbons (Fsp3) is 0.500. The second kappa shape index (κ2) is 6.32. The molecule has 0 aliphatic carbocycles. The first-order valence-electron chi connectivity index (χ1n) is 5.60. The molecule has 1 atom stereocenters. The van der Waals surface area contributed by atoms with Crippen molar-refractivity contribution in [1.29, 1.82) is 0 Å². The molecular formula is C12H20N4O. The lowest BCUT2D eigenvalue weighted by atomic mass is 10.0. The average molecular weight is 236 g/mol. The van der Waals surface area contributed by atoms with Gasteiger partial charge in [0.05, 0.1) is 0 Å². The van der Waals surface area contributed by atoms with Crippen molar-refractivity contribution in [2.24, 2.45) is 5.73 Å². The van der Waals surface area contributed by atoms with Crippen molar-refractivity contribution in [3.63, 3.8) is 0 Å². The maximum absolute atomic E-state index is 11.4. The van der Waals surface area contributed by atoms with E-state index in [1.807, 2.05) is 32.0 Å². The number of nitrogens with zero attached hydrogens (tertiary/aromatic N) is 2. The van der Waals surface area contributed by atoms with Gasteiger partial charge in [0, 0.05) is 25.5 Å². The van der Waals surface area contributed by atoms with Gasteiger partial charge in [0.2, 0.25) is 5.91 Å². The summed E-state index contributed by atoms with van der Waals surface area (Å²) in [5.41, 5.74) is 7.27. The topological polar surface area (TPSA) is 71.2 Å². The van der Waals surface area contributed by atoms with E-state index >= 15 is 0 Å². The molecule has 17 heavy (non-hydrogen) atoms. The zero-order valence-corrected chi connectivity index (χ0v) is 10.6. The van der Waals surface area contributed by atoms with Crippen LogP contribution in [0.5, 0.6) is 0 Å². The van der Waals surface area contributed by atoms with Crippen LogP contribution in [0.25, 0.3) is 0 Å². The Morgan fingerprint density at radius 2 is 2.29 bits per heavy atom. The molecule has 1 aromatic heterocycles. The van der Waals surface area contributed by atoms with E-state index in [1.54, 1.807) is 12.4 Å². The summed E-state index contributed by atoms with van der Waals surface area (Å²) in [4.78, 5) is 17.5. The standard InChI is InChI=1S/C12H20N4O/c1-9-4-5-14-8-10(9)11(12(13)17)15-6-7-16(2)3/h4-5,8,11,15H,6-7H2,1-3H3,(H2,13,17). The number of aryl methyl sites for hydroxylation is 1. The lowest BCUT2D eigenvalue weighted by Crippen LogP contribution is -2.37. The summed E-state index contributed by atoms with van der Waals surface area (Å²) in [5.74, 6) is -0.375. The molecule has 5 heteroatoms. The molecule has 0 bridgehead atoms. The average Bonchev–Trinajstić information content (AvgIpc) is 2.25. The first-order valence-corrected chi connectivity index (χ1v) is 5.60. The SMILES string of the molecule is Cc1ccncc1C(NCCN(C)C)C(N)=O. The largest absolute Gasteiger partial charge is 0.368 e.